The molecule has 0 N–H and O–H groups in total. The lowest BCUT2D eigenvalue weighted by Gasteiger charge is -1.90. The van der Waals surface area contributed by atoms with Crippen molar-refractivity contribution in [3.05, 3.63) is 0 Å². The van der Waals surface area contributed by atoms with Crippen LogP contribution in [0.15, 0.2) is 0 Å². The molecule has 0 rings (SSSR count). The molecule has 0 radical (unpaired) electrons. The molecule has 0 amide bonds. The highest BCUT2D eigenvalue weighted by atomic mass is 16.6. The van der Waals surface area contributed by atoms with E-state index in [1.54, 1.807) is 0 Å². The van der Waals surface area contributed by atoms with E-state index < -0.39 is 21.1 Å². The fraction of sp³-hybridized carbons (Fsp3) is 1.00. The van der Waals surface area contributed by atoms with Crippen LogP contribution in [0.4, 0.5) is 0 Å². The van der Waals surface area contributed by atoms with Gasteiger partial charge in [0.15, 0.2) is 0 Å². The maximum absolute atomic E-state index is 6.70. The van der Waals surface area contributed by atoms with Crippen molar-refractivity contribution in [2.45, 2.75) is 0 Å². The standard InChI is InChI=1S/C3H9O/c1-4(2)3/h1-3H3/q+1/i1D2,2D3,3D3. The van der Waals surface area contributed by atoms with Crippen molar-refractivity contribution in [2.75, 3.05) is 21.1 Å². The molecule has 1 nitrogen and oxygen atoms in total. The SMILES string of the molecule is [2H]C([2H])[O+](C([2H])([2H])[2H])C([2H])([2H])[2H]. The maximum Gasteiger partial charge on any atom is 0.135 e. The van der Waals surface area contributed by atoms with E-state index in [9.17, 15) is 0 Å². The summed E-state index contributed by atoms with van der Waals surface area (Å²) in [5, 5.41) is 0. The third-order valence-corrected chi connectivity index (χ3v) is 0. The molecule has 0 unspecified atom stereocenters. The van der Waals surface area contributed by atoms with Crippen LogP contribution in [0.1, 0.15) is 11.0 Å². The monoisotopic (exact) mass is 69.1 g/mol. The Balaban J connectivity index is 4.70. The van der Waals surface area contributed by atoms with Crippen molar-refractivity contribution in [1.82, 2.24) is 0 Å². The van der Waals surface area contributed by atoms with E-state index in [1.165, 1.54) is 0 Å². The van der Waals surface area contributed by atoms with Crippen LogP contribution in [-0.2, 0) is 4.37 Å². The number of hydrogen-bond acceptors (Lipinski definition) is 0. The third-order valence-electron chi connectivity index (χ3n) is 0. The smallest absolute Gasteiger partial charge is 0.135 e. The van der Waals surface area contributed by atoms with Gasteiger partial charge in [0.1, 0.15) is 32.1 Å². The first-order valence-electron chi connectivity index (χ1n) is 4.80. The fourth-order valence-corrected chi connectivity index (χ4v) is 0. The Hall–Kier alpha value is -0.0400. The van der Waals surface area contributed by atoms with Crippen LogP contribution >= 0.6 is 0 Å². The molecule has 1 heteroatoms. The molecule has 0 aromatic heterocycles. The van der Waals surface area contributed by atoms with Gasteiger partial charge in [-0.3, -0.25) is 0 Å². The number of rotatable bonds is 0. The zero-order chi connectivity index (χ0) is 10.2. The largest absolute Gasteiger partial charge is 0.429 e. The highest BCUT2D eigenvalue weighted by molar-refractivity contribution is 3.84. The summed E-state index contributed by atoms with van der Waals surface area (Å²) in [4.78, 5) is 0. The molecule has 4 heavy (non-hydrogen) atoms. The summed E-state index contributed by atoms with van der Waals surface area (Å²) in [6.07, 6.45) is 0. The van der Waals surface area contributed by atoms with Crippen LogP contribution < -0.4 is 0 Å². The van der Waals surface area contributed by atoms with Crippen LogP contribution in [0, 0.1) is 0 Å². The molecule has 0 aliphatic rings. The van der Waals surface area contributed by atoms with Crippen molar-refractivity contribution in [1.29, 1.82) is 0 Å². The second-order valence-corrected chi connectivity index (χ2v) is 0.338. The Labute approximate surface area is 38.1 Å². The van der Waals surface area contributed by atoms with Gasteiger partial charge in [-0.1, -0.05) is 0 Å². The first-order valence-corrected chi connectivity index (χ1v) is 0.644. The molecule has 0 aliphatic heterocycles. The topological polar surface area (TPSA) is 2.70 Å². The zero-order valence-corrected chi connectivity index (χ0v) is 1.99. The zero-order valence-electron chi connectivity index (χ0n) is 9.99. The van der Waals surface area contributed by atoms with E-state index in [1.807, 2.05) is 0 Å². The summed E-state index contributed by atoms with van der Waals surface area (Å²) < 4.78 is 54.3. The molecule has 0 atom stereocenters. The Morgan fingerprint density at radius 1 is 1.75 bits per heavy atom. The van der Waals surface area contributed by atoms with Crippen LogP contribution in [0.25, 0.3) is 0 Å². The average Bonchev–Trinajstić information content (AvgIpc) is 1.49. The predicted octanol–water partition coefficient (Wildman–Crippen LogP) is 0.428. The summed E-state index contributed by atoms with van der Waals surface area (Å²) in [7, 11) is -8.14. The van der Waals surface area contributed by atoms with Gasteiger partial charge in [0.2, 0.25) is 0 Å². The van der Waals surface area contributed by atoms with E-state index in [4.69, 9.17) is 11.0 Å². The molecular formula is C3H9O+. The number of hydrogen-bond donors (Lipinski definition) is 0. The van der Waals surface area contributed by atoms with Gasteiger partial charge >= 0.3 is 0 Å². The molecule has 26 valence electrons. The highest BCUT2D eigenvalue weighted by Gasteiger charge is 1.61. The van der Waals surface area contributed by atoms with E-state index in [0.717, 1.165) is 4.37 Å². The lowest BCUT2D eigenvalue weighted by Crippen LogP contribution is -1.87. The maximum atomic E-state index is 6.70. The van der Waals surface area contributed by atoms with Crippen molar-refractivity contribution >= 4 is 0 Å². The molecule has 0 saturated heterocycles. The molecule has 0 aromatic carbocycles. The fourth-order valence-electron chi connectivity index (χ4n) is 0. The Morgan fingerprint density at radius 3 is 2.50 bits per heavy atom. The predicted molar refractivity (Wildman–Crippen MR) is 18.9 cm³/mol. The molecule has 0 aliphatic carbocycles. The lowest BCUT2D eigenvalue weighted by atomic mass is 11.4. The van der Waals surface area contributed by atoms with E-state index in [2.05, 4.69) is 0 Å². The lowest BCUT2D eigenvalue weighted by molar-refractivity contribution is -0.00282. The second kappa shape index (κ2) is 1.30. The van der Waals surface area contributed by atoms with E-state index in [-0.39, 0.29) is 0 Å². The minimum Gasteiger partial charge on any atom is -0.429 e. The minimum atomic E-state index is -3.01. The second-order valence-electron chi connectivity index (χ2n) is 0.338. The Bertz CT molecular complexity index is 129. The van der Waals surface area contributed by atoms with E-state index >= 15 is 0 Å². The van der Waals surface area contributed by atoms with Gasteiger partial charge in [0.05, 0.1) is 0 Å². The first-order chi connectivity index (χ1) is 5.07. The van der Waals surface area contributed by atoms with Gasteiger partial charge in [-0.05, 0) is 0 Å². The summed E-state index contributed by atoms with van der Waals surface area (Å²) in [6, 6.07) is 0. The summed E-state index contributed by atoms with van der Waals surface area (Å²) >= 11 is 0. The van der Waals surface area contributed by atoms with Crippen molar-refractivity contribution < 1.29 is 15.3 Å². The highest BCUT2D eigenvalue weighted by Crippen LogP contribution is 1.60. The van der Waals surface area contributed by atoms with Crippen LogP contribution in [0.2, 0.25) is 0 Å². The summed E-state index contributed by atoms with van der Waals surface area (Å²) in [5.41, 5.74) is 0. The minimum absolute atomic E-state index is 0.755. The van der Waals surface area contributed by atoms with Crippen LogP contribution in [0.5, 0.6) is 0 Å². The quantitative estimate of drug-likeness (QED) is 0.363. The third kappa shape index (κ3) is 1130. The summed E-state index contributed by atoms with van der Waals surface area (Å²) in [6.45, 7) is 0. The molecule has 0 aromatic rings. The molecule has 0 spiro atoms. The van der Waals surface area contributed by atoms with Crippen molar-refractivity contribution in [3.8, 4) is 0 Å². The average molecular weight is 69.2 g/mol. The first kappa shape index (κ1) is 0.289. The Kier molecular flexibility index (Phi) is 0.0937. The molecule has 0 saturated carbocycles. The van der Waals surface area contributed by atoms with Crippen molar-refractivity contribution in [3.63, 3.8) is 0 Å². The Morgan fingerprint density at radius 2 is 2.50 bits per heavy atom. The van der Waals surface area contributed by atoms with E-state index in [0.29, 0.717) is 0 Å². The van der Waals surface area contributed by atoms with Gasteiger partial charge in [-0.15, -0.1) is 0 Å². The van der Waals surface area contributed by atoms with Gasteiger partial charge in [-0.25, -0.2) is 0 Å². The van der Waals surface area contributed by atoms with Crippen molar-refractivity contribution in [2.24, 2.45) is 0 Å². The van der Waals surface area contributed by atoms with Gasteiger partial charge in [0, 0.05) is 0 Å². The van der Waals surface area contributed by atoms with Gasteiger partial charge in [0.25, 0.3) is 0 Å². The molecule has 0 heterocycles. The molecular weight excluding hydrogens is 52.0 g/mol. The normalized spacial score (nSPS) is 45.5. The molecule has 0 fully saturated rings. The van der Waals surface area contributed by atoms with Crippen LogP contribution in [-0.4, -0.2) is 21.1 Å². The summed E-state index contributed by atoms with van der Waals surface area (Å²) in [5.74, 6) is 0. The van der Waals surface area contributed by atoms with Gasteiger partial charge < -0.3 is 4.37 Å². The van der Waals surface area contributed by atoms with Gasteiger partial charge in [-0.2, -0.15) is 0 Å². The molecule has 0 bridgehead atoms. The van der Waals surface area contributed by atoms with Crippen LogP contribution in [0.3, 0.4) is 0 Å².